The van der Waals surface area contributed by atoms with Gasteiger partial charge in [0, 0.05) is 17.8 Å². The largest absolute Gasteiger partial charge is 0.374 e. The summed E-state index contributed by atoms with van der Waals surface area (Å²) in [6.07, 6.45) is 3.88. The van der Waals surface area contributed by atoms with E-state index >= 15 is 0 Å². The van der Waals surface area contributed by atoms with Crippen LogP contribution in [-0.4, -0.2) is 46.0 Å². The predicted octanol–water partition coefficient (Wildman–Crippen LogP) is -1.33. The standard InChI is InChI=1S/C15H17N7OS/c23-15-21(17-18-22(15)14-2-1-11-24-14)12-19-7-9-20(10-8-19)13-3-5-16-6-4-13/h1-6,11H,7-10,12H2/p+2. The quantitative estimate of drug-likeness (QED) is 0.636. The maximum absolute atomic E-state index is 12.4. The van der Waals surface area contributed by atoms with Crippen molar-refractivity contribution >= 4 is 17.0 Å². The number of anilines is 1. The second-order valence-corrected chi connectivity index (χ2v) is 6.70. The Morgan fingerprint density at radius 2 is 1.96 bits per heavy atom. The Labute approximate surface area is 142 Å². The highest BCUT2D eigenvalue weighted by Crippen LogP contribution is 2.11. The monoisotopic (exact) mass is 345 g/mol. The lowest BCUT2D eigenvalue weighted by molar-refractivity contribution is -0.924. The van der Waals surface area contributed by atoms with Gasteiger partial charge in [0.1, 0.15) is 5.00 Å². The topological polar surface area (TPSA) is 74.5 Å². The van der Waals surface area contributed by atoms with Crippen LogP contribution in [0.4, 0.5) is 5.69 Å². The number of nitrogens with zero attached hydrogens (tertiary/aromatic N) is 5. The third-order valence-corrected chi connectivity index (χ3v) is 5.11. The van der Waals surface area contributed by atoms with Gasteiger partial charge in [0.15, 0.2) is 19.1 Å². The van der Waals surface area contributed by atoms with Crippen LogP contribution in [0.1, 0.15) is 0 Å². The normalized spacial score (nSPS) is 15.8. The molecule has 8 nitrogen and oxygen atoms in total. The Kier molecular flexibility index (Phi) is 4.09. The molecule has 1 saturated heterocycles. The van der Waals surface area contributed by atoms with Crippen LogP contribution in [0.3, 0.4) is 0 Å². The fourth-order valence-corrected chi connectivity index (χ4v) is 3.61. The van der Waals surface area contributed by atoms with Gasteiger partial charge < -0.3 is 9.80 Å². The van der Waals surface area contributed by atoms with Gasteiger partial charge in [0.25, 0.3) is 0 Å². The van der Waals surface area contributed by atoms with Crippen LogP contribution in [0.25, 0.3) is 5.00 Å². The summed E-state index contributed by atoms with van der Waals surface area (Å²) in [5.74, 6) is 0. The van der Waals surface area contributed by atoms with Crippen LogP contribution in [0.2, 0.25) is 0 Å². The Balaban J connectivity index is 1.40. The Morgan fingerprint density at radius 1 is 1.17 bits per heavy atom. The molecule has 0 radical (unpaired) electrons. The summed E-state index contributed by atoms with van der Waals surface area (Å²) >= 11 is 1.48. The van der Waals surface area contributed by atoms with E-state index in [4.69, 9.17) is 0 Å². The number of pyridine rings is 1. The number of piperazine rings is 1. The summed E-state index contributed by atoms with van der Waals surface area (Å²) in [6, 6.07) is 7.94. The Hall–Kier alpha value is -2.52. The van der Waals surface area contributed by atoms with Crippen LogP contribution < -0.4 is 20.5 Å². The number of hydrogen-bond acceptors (Lipinski definition) is 5. The predicted molar refractivity (Wildman–Crippen MR) is 89.4 cm³/mol. The molecule has 4 heterocycles. The van der Waals surface area contributed by atoms with Gasteiger partial charge in [0.05, 0.1) is 26.2 Å². The number of aromatic nitrogens is 5. The lowest BCUT2D eigenvalue weighted by atomic mass is 10.3. The average Bonchev–Trinajstić information content (AvgIpc) is 3.27. The molecule has 0 saturated carbocycles. The first-order valence-electron chi connectivity index (χ1n) is 7.92. The minimum Gasteiger partial charge on any atom is -0.360 e. The summed E-state index contributed by atoms with van der Waals surface area (Å²) < 4.78 is 2.82. The van der Waals surface area contributed by atoms with Crippen molar-refractivity contribution in [2.45, 2.75) is 6.67 Å². The van der Waals surface area contributed by atoms with E-state index in [-0.39, 0.29) is 5.69 Å². The lowest BCUT2D eigenvalue weighted by Gasteiger charge is -2.32. The van der Waals surface area contributed by atoms with Gasteiger partial charge in [-0.3, -0.25) is 0 Å². The van der Waals surface area contributed by atoms with E-state index in [0.29, 0.717) is 6.67 Å². The van der Waals surface area contributed by atoms with E-state index in [1.54, 1.807) is 0 Å². The molecule has 2 N–H and O–H groups in total. The van der Waals surface area contributed by atoms with E-state index in [1.807, 2.05) is 29.9 Å². The third kappa shape index (κ3) is 2.95. The average molecular weight is 345 g/mol. The molecule has 124 valence electrons. The molecule has 3 aromatic rings. The maximum Gasteiger partial charge on any atom is 0.374 e. The second kappa shape index (κ2) is 6.54. The molecule has 0 aliphatic carbocycles. The minimum atomic E-state index is -0.175. The van der Waals surface area contributed by atoms with Gasteiger partial charge in [-0.1, -0.05) is 0 Å². The van der Waals surface area contributed by atoms with Crippen LogP contribution in [0, 0.1) is 0 Å². The highest BCUT2D eigenvalue weighted by atomic mass is 32.1. The van der Waals surface area contributed by atoms with Gasteiger partial charge in [-0.05, 0) is 27.9 Å². The fraction of sp³-hybridized carbons (Fsp3) is 0.333. The van der Waals surface area contributed by atoms with Crippen molar-refractivity contribution in [1.82, 2.24) is 19.8 Å². The molecule has 0 unspecified atom stereocenters. The van der Waals surface area contributed by atoms with Gasteiger partial charge in [-0.25, -0.2) is 9.78 Å². The summed E-state index contributed by atoms with van der Waals surface area (Å²) in [7, 11) is 0. The molecule has 4 rings (SSSR count). The summed E-state index contributed by atoms with van der Waals surface area (Å²) in [5.41, 5.74) is 1.06. The molecule has 0 spiro atoms. The number of H-pyrrole nitrogens is 1. The first-order chi connectivity index (χ1) is 11.8. The summed E-state index contributed by atoms with van der Waals surface area (Å²) in [6.45, 7) is 4.43. The van der Waals surface area contributed by atoms with Gasteiger partial charge in [0.2, 0.25) is 0 Å². The van der Waals surface area contributed by atoms with Crippen LogP contribution >= 0.6 is 11.3 Å². The molecule has 1 aliphatic rings. The van der Waals surface area contributed by atoms with E-state index in [9.17, 15) is 4.79 Å². The zero-order chi connectivity index (χ0) is 16.4. The zero-order valence-corrected chi connectivity index (χ0v) is 13.9. The van der Waals surface area contributed by atoms with Gasteiger partial charge in [-0.15, -0.1) is 20.7 Å². The summed E-state index contributed by atoms with van der Waals surface area (Å²) in [5, 5.41) is 10.7. The van der Waals surface area contributed by atoms with Crippen molar-refractivity contribution in [1.29, 1.82) is 0 Å². The summed E-state index contributed by atoms with van der Waals surface area (Å²) in [4.78, 5) is 19.2. The maximum atomic E-state index is 12.4. The smallest absolute Gasteiger partial charge is 0.360 e. The number of rotatable bonds is 4. The van der Waals surface area contributed by atoms with Gasteiger partial charge >= 0.3 is 5.69 Å². The molecule has 3 aromatic heterocycles. The number of hydrogen-bond donors (Lipinski definition) is 1. The molecule has 0 atom stereocenters. The Morgan fingerprint density at radius 3 is 2.67 bits per heavy atom. The zero-order valence-electron chi connectivity index (χ0n) is 13.1. The van der Waals surface area contributed by atoms with Crippen molar-refractivity contribution in [2.75, 3.05) is 31.1 Å². The highest BCUT2D eigenvalue weighted by Gasteiger charge is 2.22. The van der Waals surface area contributed by atoms with E-state index in [0.717, 1.165) is 31.2 Å². The molecule has 1 fully saturated rings. The third-order valence-electron chi connectivity index (χ3n) is 4.26. The van der Waals surface area contributed by atoms with Gasteiger partial charge in [-0.2, -0.15) is 0 Å². The first kappa shape index (κ1) is 15.0. The van der Waals surface area contributed by atoms with Crippen molar-refractivity contribution in [2.24, 2.45) is 0 Å². The Bertz CT molecular complexity index is 834. The molecular formula is C15H19N7OS+2. The van der Waals surface area contributed by atoms with Crippen molar-refractivity contribution in [3.8, 4) is 5.00 Å². The molecular weight excluding hydrogens is 326 g/mol. The molecule has 0 aromatic carbocycles. The number of tetrazole rings is 1. The molecule has 24 heavy (non-hydrogen) atoms. The fourth-order valence-electron chi connectivity index (χ4n) is 2.94. The van der Waals surface area contributed by atoms with E-state index in [1.165, 1.54) is 31.3 Å². The SMILES string of the molecule is O=c1n(C[NH+]2CCN(c3cc[nH+]cc3)CC2)nnn1-c1cccs1. The minimum absolute atomic E-state index is 0.175. The second-order valence-electron chi connectivity index (χ2n) is 5.78. The van der Waals surface area contributed by atoms with E-state index in [2.05, 4.69) is 32.4 Å². The molecule has 0 bridgehead atoms. The first-order valence-corrected chi connectivity index (χ1v) is 8.80. The molecule has 9 heteroatoms. The van der Waals surface area contributed by atoms with Crippen LogP contribution in [-0.2, 0) is 6.67 Å². The number of thiophene rings is 1. The highest BCUT2D eigenvalue weighted by molar-refractivity contribution is 7.12. The van der Waals surface area contributed by atoms with E-state index < -0.39 is 0 Å². The van der Waals surface area contributed by atoms with Crippen molar-refractivity contribution in [3.05, 3.63) is 52.5 Å². The molecule has 0 amide bonds. The number of quaternary nitrogens is 1. The lowest BCUT2D eigenvalue weighted by Crippen LogP contribution is -3.14. The van der Waals surface area contributed by atoms with Crippen molar-refractivity contribution < 1.29 is 9.88 Å². The number of nitrogens with one attached hydrogen (secondary N) is 2. The molecule has 1 aliphatic heterocycles. The van der Waals surface area contributed by atoms with Crippen molar-refractivity contribution in [3.63, 3.8) is 0 Å². The van der Waals surface area contributed by atoms with Crippen LogP contribution in [0.15, 0.2) is 46.8 Å². The van der Waals surface area contributed by atoms with Crippen LogP contribution in [0.5, 0.6) is 0 Å². The number of aromatic amines is 1.